The quantitative estimate of drug-likeness (QED) is 0.787. The monoisotopic (exact) mass is 288 g/mol. The first-order valence-corrected chi connectivity index (χ1v) is 4.63. The Morgan fingerprint density at radius 2 is 2.38 bits per heavy atom. The van der Waals surface area contributed by atoms with E-state index >= 15 is 0 Å². The maximum Gasteiger partial charge on any atom is 0.355 e. The highest BCUT2D eigenvalue weighted by atomic mass is 127. The molecule has 0 fully saturated rings. The summed E-state index contributed by atoms with van der Waals surface area (Å²) in [7, 11) is 0. The number of aromatic amines is 1. The molecule has 0 saturated carbocycles. The number of carboxylic acids is 1. The normalized spacial score (nSPS) is 10.5. The number of rotatable bonds is 1. The number of carbonyl (C=O) groups is 1. The molecule has 0 bridgehead atoms. The molecule has 5 heteroatoms. The third-order valence-corrected chi connectivity index (χ3v) is 2.60. The molecule has 4 nitrogen and oxygen atoms in total. The molecule has 0 aromatic carbocycles. The summed E-state index contributed by atoms with van der Waals surface area (Å²) in [5.41, 5.74) is 0.903. The van der Waals surface area contributed by atoms with Gasteiger partial charge >= 0.3 is 5.97 Å². The smallest absolute Gasteiger partial charge is 0.355 e. The van der Waals surface area contributed by atoms with E-state index in [9.17, 15) is 4.79 Å². The van der Waals surface area contributed by atoms with E-state index in [0.29, 0.717) is 5.39 Å². The van der Waals surface area contributed by atoms with E-state index in [1.54, 1.807) is 12.3 Å². The number of hydrogen-bond donors (Lipinski definition) is 2. The van der Waals surface area contributed by atoms with Crippen molar-refractivity contribution < 1.29 is 9.90 Å². The van der Waals surface area contributed by atoms with Crippen LogP contribution in [0.1, 0.15) is 10.5 Å². The van der Waals surface area contributed by atoms with Gasteiger partial charge in [-0.25, -0.2) is 9.78 Å². The van der Waals surface area contributed by atoms with Gasteiger partial charge in [0.2, 0.25) is 0 Å². The van der Waals surface area contributed by atoms with Gasteiger partial charge in [0.15, 0.2) is 5.69 Å². The van der Waals surface area contributed by atoms with Gasteiger partial charge in [-0.15, -0.1) is 0 Å². The van der Waals surface area contributed by atoms with E-state index in [4.69, 9.17) is 5.11 Å². The molecule has 0 aliphatic carbocycles. The number of hydrogen-bond acceptors (Lipinski definition) is 2. The minimum absolute atomic E-state index is 0.100. The maximum absolute atomic E-state index is 10.8. The van der Waals surface area contributed by atoms with Gasteiger partial charge in [0, 0.05) is 21.4 Å². The second-order valence-corrected chi connectivity index (χ2v) is 3.69. The minimum atomic E-state index is -0.997. The molecule has 0 unspecified atom stereocenters. The van der Waals surface area contributed by atoms with Crippen LogP contribution < -0.4 is 0 Å². The molecule has 0 spiro atoms. The Bertz CT molecular complexity index is 478. The lowest BCUT2D eigenvalue weighted by Gasteiger charge is -1.95. The molecule has 13 heavy (non-hydrogen) atoms. The standard InChI is InChI=1S/C8H5IN2O2/c9-4-3-11-5-1-2-10-7(6(4)5)8(12)13/h1-3,11H,(H,12,13). The summed E-state index contributed by atoms with van der Waals surface area (Å²) in [6, 6.07) is 1.75. The van der Waals surface area contributed by atoms with Crippen LogP contribution >= 0.6 is 22.6 Å². The molecule has 2 heterocycles. The van der Waals surface area contributed by atoms with Crippen LogP contribution in [-0.4, -0.2) is 21.0 Å². The van der Waals surface area contributed by atoms with Crippen molar-refractivity contribution in [1.82, 2.24) is 9.97 Å². The van der Waals surface area contributed by atoms with Crippen LogP contribution in [0.15, 0.2) is 18.5 Å². The third-order valence-electron chi connectivity index (χ3n) is 1.75. The van der Waals surface area contributed by atoms with Gasteiger partial charge in [-0.2, -0.15) is 0 Å². The highest BCUT2D eigenvalue weighted by Crippen LogP contribution is 2.22. The topological polar surface area (TPSA) is 66.0 Å². The Kier molecular flexibility index (Phi) is 1.95. The summed E-state index contributed by atoms with van der Waals surface area (Å²) in [4.78, 5) is 17.6. The van der Waals surface area contributed by atoms with Crippen molar-refractivity contribution >= 4 is 39.5 Å². The van der Waals surface area contributed by atoms with E-state index in [2.05, 4.69) is 32.6 Å². The Hall–Kier alpha value is -1.11. The minimum Gasteiger partial charge on any atom is -0.476 e. The first kappa shape index (κ1) is 8.49. The third kappa shape index (κ3) is 1.28. The van der Waals surface area contributed by atoms with Crippen LogP contribution in [0.25, 0.3) is 10.9 Å². The Morgan fingerprint density at radius 1 is 1.62 bits per heavy atom. The van der Waals surface area contributed by atoms with Crippen molar-refractivity contribution in [2.24, 2.45) is 0 Å². The van der Waals surface area contributed by atoms with Crippen molar-refractivity contribution in [2.75, 3.05) is 0 Å². The first-order valence-electron chi connectivity index (χ1n) is 3.55. The lowest BCUT2D eigenvalue weighted by molar-refractivity contribution is 0.0693. The fourth-order valence-corrected chi connectivity index (χ4v) is 1.90. The largest absolute Gasteiger partial charge is 0.476 e. The van der Waals surface area contributed by atoms with Gasteiger partial charge in [-0.3, -0.25) is 0 Å². The predicted octanol–water partition coefficient (Wildman–Crippen LogP) is 1.87. The van der Waals surface area contributed by atoms with Crippen LogP contribution in [-0.2, 0) is 0 Å². The van der Waals surface area contributed by atoms with Gasteiger partial charge < -0.3 is 10.1 Å². The van der Waals surface area contributed by atoms with Gasteiger partial charge in [-0.05, 0) is 28.7 Å². The molecule has 2 N–H and O–H groups in total. The number of fused-ring (bicyclic) bond motifs is 1. The van der Waals surface area contributed by atoms with E-state index < -0.39 is 5.97 Å². The molecule has 2 rings (SSSR count). The predicted molar refractivity (Wildman–Crippen MR) is 55.8 cm³/mol. The lowest BCUT2D eigenvalue weighted by Crippen LogP contribution is -2.00. The van der Waals surface area contributed by atoms with Gasteiger partial charge in [0.1, 0.15) is 0 Å². The zero-order valence-electron chi connectivity index (χ0n) is 6.41. The molecular formula is C8H5IN2O2. The second-order valence-electron chi connectivity index (χ2n) is 2.52. The summed E-state index contributed by atoms with van der Waals surface area (Å²) in [5, 5.41) is 9.52. The molecule has 0 aliphatic rings. The Morgan fingerprint density at radius 3 is 3.08 bits per heavy atom. The van der Waals surface area contributed by atoms with Crippen LogP contribution in [0.5, 0.6) is 0 Å². The fraction of sp³-hybridized carbons (Fsp3) is 0. The summed E-state index contributed by atoms with van der Waals surface area (Å²) < 4.78 is 0.873. The highest BCUT2D eigenvalue weighted by molar-refractivity contribution is 14.1. The number of aromatic nitrogens is 2. The zero-order valence-corrected chi connectivity index (χ0v) is 8.57. The highest BCUT2D eigenvalue weighted by Gasteiger charge is 2.13. The average Bonchev–Trinajstić information content (AvgIpc) is 2.48. The molecule has 0 aliphatic heterocycles. The SMILES string of the molecule is O=C(O)c1nccc2[nH]cc(I)c12. The number of aromatic carboxylic acids is 1. The van der Waals surface area contributed by atoms with E-state index in [-0.39, 0.29) is 5.69 Å². The summed E-state index contributed by atoms with van der Waals surface area (Å²) >= 11 is 2.08. The molecule has 0 atom stereocenters. The number of nitrogens with one attached hydrogen (secondary N) is 1. The summed E-state index contributed by atoms with van der Waals surface area (Å²) in [6.07, 6.45) is 3.25. The van der Waals surface area contributed by atoms with E-state index in [0.717, 1.165) is 9.09 Å². The molecule has 0 amide bonds. The number of halogens is 1. The molecule has 2 aromatic heterocycles. The number of H-pyrrole nitrogens is 1. The number of carboxylic acid groups (broad SMARTS) is 1. The van der Waals surface area contributed by atoms with Crippen LogP contribution in [0.3, 0.4) is 0 Å². The van der Waals surface area contributed by atoms with Gasteiger partial charge in [-0.1, -0.05) is 0 Å². The van der Waals surface area contributed by atoms with Crippen LogP contribution in [0.2, 0.25) is 0 Å². The second kappa shape index (κ2) is 2.99. The van der Waals surface area contributed by atoms with E-state index in [1.165, 1.54) is 6.20 Å². The van der Waals surface area contributed by atoms with Crippen molar-refractivity contribution in [2.45, 2.75) is 0 Å². The van der Waals surface area contributed by atoms with Crippen molar-refractivity contribution in [3.63, 3.8) is 0 Å². The van der Waals surface area contributed by atoms with E-state index in [1.807, 2.05) is 0 Å². The number of nitrogens with zero attached hydrogens (tertiary/aromatic N) is 1. The van der Waals surface area contributed by atoms with Gasteiger partial charge in [0.05, 0.1) is 5.52 Å². The number of pyridine rings is 1. The average molecular weight is 288 g/mol. The zero-order chi connectivity index (χ0) is 9.42. The molecular weight excluding hydrogens is 283 g/mol. The molecule has 0 radical (unpaired) electrons. The van der Waals surface area contributed by atoms with Crippen molar-refractivity contribution in [3.8, 4) is 0 Å². The van der Waals surface area contributed by atoms with Crippen LogP contribution in [0, 0.1) is 3.57 Å². The lowest BCUT2D eigenvalue weighted by atomic mass is 10.2. The van der Waals surface area contributed by atoms with Crippen molar-refractivity contribution in [3.05, 3.63) is 27.7 Å². The van der Waals surface area contributed by atoms with Crippen molar-refractivity contribution in [1.29, 1.82) is 0 Å². The first-order chi connectivity index (χ1) is 6.20. The van der Waals surface area contributed by atoms with Gasteiger partial charge in [0.25, 0.3) is 0 Å². The maximum atomic E-state index is 10.8. The molecule has 2 aromatic rings. The Balaban J connectivity index is 2.88. The van der Waals surface area contributed by atoms with Crippen LogP contribution in [0.4, 0.5) is 0 Å². The summed E-state index contributed by atoms with van der Waals surface area (Å²) in [6.45, 7) is 0. The fourth-order valence-electron chi connectivity index (χ4n) is 1.20. The molecule has 0 saturated heterocycles. The summed E-state index contributed by atoms with van der Waals surface area (Å²) in [5.74, 6) is -0.997. The Labute approximate surface area is 87.1 Å². The molecule has 66 valence electrons.